The first-order valence-corrected chi connectivity index (χ1v) is 12.0. The summed E-state index contributed by atoms with van der Waals surface area (Å²) in [4.78, 5) is 24.9. The summed E-state index contributed by atoms with van der Waals surface area (Å²) >= 11 is 3.17. The third-order valence-corrected chi connectivity index (χ3v) is 7.92. The van der Waals surface area contributed by atoms with Crippen LogP contribution in [0, 0.1) is 0 Å². The minimum atomic E-state index is -0.112. The van der Waals surface area contributed by atoms with Gasteiger partial charge in [-0.3, -0.25) is 4.79 Å². The first-order valence-electron chi connectivity index (χ1n) is 10.3. The first-order chi connectivity index (χ1) is 15.1. The van der Waals surface area contributed by atoms with E-state index < -0.39 is 0 Å². The molecule has 0 radical (unpaired) electrons. The molecule has 1 saturated heterocycles. The molecule has 0 unspecified atom stereocenters. The molecule has 31 heavy (non-hydrogen) atoms. The molecule has 0 aliphatic carbocycles. The molecule has 3 aromatic heterocycles. The Hall–Kier alpha value is -2.68. The molecule has 5 rings (SSSR count). The number of piperidine rings is 1. The van der Waals surface area contributed by atoms with E-state index in [9.17, 15) is 4.79 Å². The number of carbonyl (C=O) groups excluding carboxylic acids is 1. The van der Waals surface area contributed by atoms with E-state index in [1.165, 1.54) is 16.2 Å². The standard InChI is InChI=1S/C23H24N4O2S2/c1-26-11-9-16(10-12-26)27(2)23-25-17-14-15(5-6-18(17)29-23)24-22(28)21-8-7-20(31-21)19-4-3-13-30-19/h3-8,13-14,16H,9-12H2,1-2H3,(H,24,28). The molecule has 8 heteroatoms. The lowest BCUT2D eigenvalue weighted by atomic mass is 10.0. The Kier molecular flexibility index (Phi) is 5.52. The van der Waals surface area contributed by atoms with Gasteiger partial charge in [0.25, 0.3) is 11.9 Å². The van der Waals surface area contributed by atoms with Gasteiger partial charge >= 0.3 is 0 Å². The van der Waals surface area contributed by atoms with E-state index in [-0.39, 0.29) is 5.91 Å². The lowest BCUT2D eigenvalue weighted by Crippen LogP contribution is -2.42. The second-order valence-corrected chi connectivity index (χ2v) is 9.95. The lowest BCUT2D eigenvalue weighted by Gasteiger charge is -2.34. The number of benzene rings is 1. The van der Waals surface area contributed by atoms with E-state index in [0.29, 0.717) is 22.6 Å². The Balaban J connectivity index is 1.30. The number of anilines is 2. The lowest BCUT2D eigenvalue weighted by molar-refractivity contribution is 0.103. The average Bonchev–Trinajstić information content (AvgIpc) is 3.53. The Morgan fingerprint density at radius 3 is 2.81 bits per heavy atom. The number of fused-ring (bicyclic) bond motifs is 1. The summed E-state index contributed by atoms with van der Waals surface area (Å²) in [5.74, 6) is -0.112. The fraction of sp³-hybridized carbons (Fsp3) is 0.304. The highest BCUT2D eigenvalue weighted by molar-refractivity contribution is 7.22. The summed E-state index contributed by atoms with van der Waals surface area (Å²) in [6, 6.07) is 14.6. The third-order valence-electron chi connectivity index (χ3n) is 5.77. The maximum absolute atomic E-state index is 12.7. The third kappa shape index (κ3) is 4.23. The molecular weight excluding hydrogens is 428 g/mol. The molecule has 1 aliphatic heterocycles. The zero-order valence-electron chi connectivity index (χ0n) is 17.5. The summed E-state index contributed by atoms with van der Waals surface area (Å²) in [6.07, 6.45) is 2.20. The van der Waals surface area contributed by atoms with Crippen LogP contribution in [0.25, 0.3) is 20.9 Å². The molecular formula is C23H24N4O2S2. The SMILES string of the molecule is CN1CCC(N(C)c2nc3cc(NC(=O)c4ccc(-c5cccs5)s4)ccc3o2)CC1. The van der Waals surface area contributed by atoms with E-state index in [0.717, 1.165) is 41.9 Å². The van der Waals surface area contributed by atoms with Gasteiger partial charge in [-0.2, -0.15) is 4.98 Å². The van der Waals surface area contributed by atoms with Gasteiger partial charge in [0.1, 0.15) is 5.52 Å². The highest BCUT2D eigenvalue weighted by Gasteiger charge is 2.24. The van der Waals surface area contributed by atoms with Crippen molar-refractivity contribution < 1.29 is 9.21 Å². The number of aromatic nitrogens is 1. The molecule has 1 aromatic carbocycles. The molecule has 1 fully saturated rings. The van der Waals surface area contributed by atoms with Crippen LogP contribution in [0.15, 0.2) is 52.3 Å². The Labute approximate surface area is 189 Å². The van der Waals surface area contributed by atoms with Crippen molar-refractivity contribution in [3.63, 3.8) is 0 Å². The van der Waals surface area contributed by atoms with Crippen LogP contribution in [-0.2, 0) is 0 Å². The largest absolute Gasteiger partial charge is 0.423 e. The summed E-state index contributed by atoms with van der Waals surface area (Å²) in [7, 11) is 4.20. The number of hydrogen-bond donors (Lipinski definition) is 1. The van der Waals surface area contributed by atoms with Gasteiger partial charge in [-0.05, 0) is 74.8 Å². The highest BCUT2D eigenvalue weighted by Crippen LogP contribution is 2.32. The number of nitrogens with zero attached hydrogens (tertiary/aromatic N) is 3. The Bertz CT molecular complexity index is 1190. The molecule has 0 atom stereocenters. The van der Waals surface area contributed by atoms with Crippen LogP contribution in [0.3, 0.4) is 0 Å². The molecule has 4 heterocycles. The van der Waals surface area contributed by atoms with E-state index in [1.54, 1.807) is 11.3 Å². The normalized spacial score (nSPS) is 15.4. The van der Waals surface area contributed by atoms with Gasteiger partial charge in [0, 0.05) is 28.5 Å². The number of carbonyl (C=O) groups is 1. The summed E-state index contributed by atoms with van der Waals surface area (Å²) in [5.41, 5.74) is 2.19. The van der Waals surface area contributed by atoms with Gasteiger partial charge in [0.05, 0.1) is 4.88 Å². The number of likely N-dealkylation sites (tertiary alicyclic amines) is 1. The fourth-order valence-electron chi connectivity index (χ4n) is 3.89. The van der Waals surface area contributed by atoms with Crippen LogP contribution in [0.5, 0.6) is 0 Å². The van der Waals surface area contributed by atoms with E-state index in [2.05, 4.69) is 33.2 Å². The second-order valence-electron chi connectivity index (χ2n) is 7.92. The van der Waals surface area contributed by atoms with Crippen molar-refractivity contribution in [1.82, 2.24) is 9.88 Å². The maximum atomic E-state index is 12.7. The fourth-order valence-corrected chi connectivity index (χ4v) is 5.62. The van der Waals surface area contributed by atoms with Gasteiger partial charge in [-0.15, -0.1) is 22.7 Å². The molecule has 1 aliphatic rings. The van der Waals surface area contributed by atoms with Gasteiger partial charge in [-0.25, -0.2) is 0 Å². The van der Waals surface area contributed by atoms with E-state index >= 15 is 0 Å². The molecule has 0 spiro atoms. The van der Waals surface area contributed by atoms with Crippen molar-refractivity contribution in [2.24, 2.45) is 0 Å². The van der Waals surface area contributed by atoms with Crippen molar-refractivity contribution in [1.29, 1.82) is 0 Å². The number of amides is 1. The molecule has 0 bridgehead atoms. The molecule has 160 valence electrons. The van der Waals surface area contributed by atoms with Crippen LogP contribution < -0.4 is 10.2 Å². The maximum Gasteiger partial charge on any atom is 0.298 e. The zero-order valence-corrected chi connectivity index (χ0v) is 19.1. The van der Waals surface area contributed by atoms with Crippen molar-refractivity contribution in [2.75, 3.05) is 37.4 Å². The predicted octanol–water partition coefficient (Wildman–Crippen LogP) is 5.40. The minimum Gasteiger partial charge on any atom is -0.423 e. The average molecular weight is 453 g/mol. The summed E-state index contributed by atoms with van der Waals surface area (Å²) in [5, 5.41) is 5.03. The summed E-state index contributed by atoms with van der Waals surface area (Å²) in [6.45, 7) is 2.17. The van der Waals surface area contributed by atoms with Crippen molar-refractivity contribution in [3.05, 3.63) is 52.7 Å². The molecule has 1 amide bonds. The smallest absolute Gasteiger partial charge is 0.298 e. The molecule has 1 N–H and O–H groups in total. The topological polar surface area (TPSA) is 61.6 Å². The predicted molar refractivity (Wildman–Crippen MR) is 129 cm³/mol. The van der Waals surface area contributed by atoms with Crippen molar-refractivity contribution in [2.45, 2.75) is 18.9 Å². The Morgan fingerprint density at radius 2 is 2.03 bits per heavy atom. The van der Waals surface area contributed by atoms with Gasteiger partial charge < -0.3 is 19.5 Å². The number of hydrogen-bond acceptors (Lipinski definition) is 7. The van der Waals surface area contributed by atoms with Crippen molar-refractivity contribution >= 4 is 51.4 Å². The minimum absolute atomic E-state index is 0.112. The number of thiophene rings is 2. The molecule has 4 aromatic rings. The number of nitrogens with one attached hydrogen (secondary N) is 1. The quantitative estimate of drug-likeness (QED) is 0.439. The van der Waals surface area contributed by atoms with Crippen LogP contribution in [0.4, 0.5) is 11.7 Å². The number of oxazole rings is 1. The number of rotatable bonds is 5. The highest BCUT2D eigenvalue weighted by atomic mass is 32.1. The van der Waals surface area contributed by atoms with Crippen LogP contribution in [0.2, 0.25) is 0 Å². The van der Waals surface area contributed by atoms with Crippen LogP contribution >= 0.6 is 22.7 Å². The van der Waals surface area contributed by atoms with Crippen LogP contribution in [-0.4, -0.2) is 49.0 Å². The second kappa shape index (κ2) is 8.45. The monoisotopic (exact) mass is 452 g/mol. The molecule has 6 nitrogen and oxygen atoms in total. The van der Waals surface area contributed by atoms with Gasteiger partial charge in [0.2, 0.25) is 0 Å². The first kappa shape index (κ1) is 20.2. The molecule has 0 saturated carbocycles. The van der Waals surface area contributed by atoms with Gasteiger partial charge in [0.15, 0.2) is 5.58 Å². The Morgan fingerprint density at radius 1 is 1.19 bits per heavy atom. The van der Waals surface area contributed by atoms with Crippen LogP contribution in [0.1, 0.15) is 22.5 Å². The van der Waals surface area contributed by atoms with E-state index in [4.69, 9.17) is 4.42 Å². The summed E-state index contributed by atoms with van der Waals surface area (Å²) < 4.78 is 5.99. The van der Waals surface area contributed by atoms with Gasteiger partial charge in [-0.1, -0.05) is 6.07 Å². The van der Waals surface area contributed by atoms with E-state index in [1.807, 2.05) is 48.8 Å². The zero-order chi connectivity index (χ0) is 21.4. The van der Waals surface area contributed by atoms with Crippen molar-refractivity contribution in [3.8, 4) is 9.75 Å².